The summed E-state index contributed by atoms with van der Waals surface area (Å²) in [6, 6.07) is 13.0. The molecule has 0 aliphatic rings. The molecule has 0 amide bonds. The zero-order valence-electron chi connectivity index (χ0n) is 12.3. The molecule has 24 heavy (non-hydrogen) atoms. The number of rotatable bonds is 3. The highest BCUT2D eigenvalue weighted by Crippen LogP contribution is 2.33. The molecule has 0 spiro atoms. The monoisotopic (exact) mass is 338 g/mol. The van der Waals surface area contributed by atoms with Crippen molar-refractivity contribution in [1.29, 1.82) is 0 Å². The molecule has 0 saturated heterocycles. The lowest BCUT2D eigenvalue weighted by Crippen LogP contribution is -1.95. The van der Waals surface area contributed by atoms with Gasteiger partial charge in [-0.05, 0) is 24.3 Å². The van der Waals surface area contributed by atoms with Crippen molar-refractivity contribution in [2.45, 2.75) is 0 Å². The maximum atomic E-state index is 14.2. The summed E-state index contributed by atoms with van der Waals surface area (Å²) in [4.78, 5) is 16.4. The first-order valence-corrected chi connectivity index (χ1v) is 8.07. The lowest BCUT2D eigenvalue weighted by molar-refractivity contribution is 0.0697. The van der Waals surface area contributed by atoms with Crippen molar-refractivity contribution in [2.75, 3.05) is 0 Å². The number of carboxylic acid groups (broad SMARTS) is 1. The van der Waals surface area contributed by atoms with Crippen LogP contribution in [0.3, 0.4) is 0 Å². The number of fused-ring (bicyclic) bond motifs is 1. The van der Waals surface area contributed by atoms with Crippen molar-refractivity contribution in [3.63, 3.8) is 0 Å². The van der Waals surface area contributed by atoms with Gasteiger partial charge in [0.2, 0.25) is 0 Å². The Morgan fingerprint density at radius 3 is 2.58 bits per heavy atom. The molecule has 0 fully saturated rings. The van der Waals surface area contributed by atoms with Gasteiger partial charge in [0.1, 0.15) is 22.2 Å². The van der Waals surface area contributed by atoms with E-state index in [9.17, 15) is 9.18 Å². The minimum Gasteiger partial charge on any atom is -0.478 e. The molecule has 0 saturated carbocycles. The Morgan fingerprint density at radius 1 is 1.12 bits per heavy atom. The van der Waals surface area contributed by atoms with Gasteiger partial charge in [-0.25, -0.2) is 14.2 Å². The van der Waals surface area contributed by atoms with E-state index in [2.05, 4.69) is 4.98 Å². The van der Waals surface area contributed by atoms with E-state index in [1.54, 1.807) is 30.3 Å². The molecule has 0 unspecified atom stereocenters. The number of aromatic nitrogens is 2. The van der Waals surface area contributed by atoms with Crippen LogP contribution in [0.1, 0.15) is 10.4 Å². The third-order valence-corrected chi connectivity index (χ3v) is 4.65. The second-order valence-corrected chi connectivity index (χ2v) is 6.12. The van der Waals surface area contributed by atoms with Gasteiger partial charge in [0.25, 0.3) is 0 Å². The van der Waals surface area contributed by atoms with Crippen LogP contribution in [0, 0.1) is 5.82 Å². The molecule has 1 N–H and O–H groups in total. The van der Waals surface area contributed by atoms with E-state index in [0.29, 0.717) is 17.1 Å². The summed E-state index contributed by atoms with van der Waals surface area (Å²) in [5.41, 5.74) is 2.02. The Morgan fingerprint density at radius 2 is 1.88 bits per heavy atom. The summed E-state index contributed by atoms with van der Waals surface area (Å²) in [6.07, 6.45) is 1.87. The molecular weight excluding hydrogens is 327 g/mol. The van der Waals surface area contributed by atoms with Crippen LogP contribution in [-0.2, 0) is 0 Å². The number of thiazole rings is 1. The van der Waals surface area contributed by atoms with Crippen molar-refractivity contribution < 1.29 is 14.3 Å². The van der Waals surface area contributed by atoms with Crippen LogP contribution in [0.2, 0.25) is 0 Å². The maximum Gasteiger partial charge on any atom is 0.335 e. The summed E-state index contributed by atoms with van der Waals surface area (Å²) >= 11 is 1.48. The highest BCUT2D eigenvalue weighted by atomic mass is 32.1. The lowest BCUT2D eigenvalue weighted by atomic mass is 10.1. The van der Waals surface area contributed by atoms with Crippen LogP contribution in [0.5, 0.6) is 0 Å². The number of nitrogens with zero attached hydrogens (tertiary/aromatic N) is 2. The average molecular weight is 338 g/mol. The largest absolute Gasteiger partial charge is 0.478 e. The van der Waals surface area contributed by atoms with Crippen LogP contribution >= 0.6 is 11.3 Å². The van der Waals surface area contributed by atoms with E-state index in [4.69, 9.17) is 5.11 Å². The first kappa shape index (κ1) is 14.6. The topological polar surface area (TPSA) is 54.6 Å². The zero-order valence-corrected chi connectivity index (χ0v) is 13.1. The van der Waals surface area contributed by atoms with Gasteiger partial charge in [-0.2, -0.15) is 0 Å². The van der Waals surface area contributed by atoms with Crippen molar-refractivity contribution in [3.05, 3.63) is 71.5 Å². The summed E-state index contributed by atoms with van der Waals surface area (Å²) in [5.74, 6) is -0.641. The number of hydrogen-bond donors (Lipinski definition) is 1. The number of carbonyl (C=O) groups is 1. The van der Waals surface area contributed by atoms with E-state index >= 15 is 0 Å². The first-order valence-electron chi connectivity index (χ1n) is 7.19. The first-order chi connectivity index (χ1) is 11.6. The van der Waals surface area contributed by atoms with Crippen molar-refractivity contribution in [3.8, 4) is 22.6 Å². The molecule has 0 aliphatic heterocycles. The highest BCUT2D eigenvalue weighted by Gasteiger charge is 2.17. The Bertz CT molecular complexity index is 1050. The van der Waals surface area contributed by atoms with E-state index in [1.165, 1.54) is 29.5 Å². The molecule has 0 aliphatic carbocycles. The minimum absolute atomic E-state index is 0.214. The van der Waals surface area contributed by atoms with Crippen LogP contribution < -0.4 is 0 Å². The highest BCUT2D eigenvalue weighted by molar-refractivity contribution is 7.16. The molecule has 0 bridgehead atoms. The molecule has 4 rings (SSSR count). The van der Waals surface area contributed by atoms with Gasteiger partial charge in [-0.1, -0.05) is 24.3 Å². The molecular formula is C18H11FN2O2S. The molecule has 2 aromatic carbocycles. The summed E-state index contributed by atoms with van der Waals surface area (Å²) in [5, 5.41) is 10.9. The van der Waals surface area contributed by atoms with Crippen molar-refractivity contribution in [1.82, 2.24) is 9.38 Å². The standard InChI is InChI=1S/C18H11FN2O2S/c19-14-4-2-1-3-13(14)15-17-21(9-10-24-17)16(20-15)11-5-7-12(8-6-11)18(22)23/h1-10H,(H,22,23). The number of halogens is 1. The number of hydrogen-bond acceptors (Lipinski definition) is 3. The van der Waals surface area contributed by atoms with Crippen molar-refractivity contribution >= 4 is 22.1 Å². The fraction of sp³-hybridized carbons (Fsp3) is 0. The fourth-order valence-electron chi connectivity index (χ4n) is 2.62. The molecule has 2 heterocycles. The van der Waals surface area contributed by atoms with E-state index < -0.39 is 5.97 Å². The quantitative estimate of drug-likeness (QED) is 0.595. The van der Waals surface area contributed by atoms with Crippen LogP contribution in [-0.4, -0.2) is 20.5 Å². The van der Waals surface area contributed by atoms with Crippen LogP contribution in [0.15, 0.2) is 60.1 Å². The Kier molecular flexibility index (Phi) is 3.39. The Balaban J connectivity index is 1.90. The number of benzene rings is 2. The van der Waals surface area contributed by atoms with Crippen LogP contribution in [0.25, 0.3) is 27.5 Å². The second-order valence-electron chi connectivity index (χ2n) is 5.22. The molecule has 0 atom stereocenters. The SMILES string of the molecule is O=C(O)c1ccc(-c2nc(-c3ccccc3F)c3sccn23)cc1. The van der Waals surface area contributed by atoms with Gasteiger partial charge < -0.3 is 5.11 Å². The summed E-state index contributed by atoms with van der Waals surface area (Å²) in [7, 11) is 0. The van der Waals surface area contributed by atoms with Gasteiger partial charge in [-0.15, -0.1) is 11.3 Å². The molecule has 4 nitrogen and oxygen atoms in total. The minimum atomic E-state index is -0.975. The average Bonchev–Trinajstić information content (AvgIpc) is 3.18. The lowest BCUT2D eigenvalue weighted by Gasteiger charge is -2.00. The fourth-order valence-corrected chi connectivity index (χ4v) is 3.46. The normalized spacial score (nSPS) is 11.0. The number of imidazole rings is 1. The van der Waals surface area contributed by atoms with E-state index in [0.717, 1.165) is 10.4 Å². The van der Waals surface area contributed by atoms with Crippen molar-refractivity contribution in [2.24, 2.45) is 0 Å². The maximum absolute atomic E-state index is 14.2. The van der Waals surface area contributed by atoms with Gasteiger partial charge in [-0.3, -0.25) is 4.40 Å². The number of carboxylic acids is 1. The summed E-state index contributed by atoms with van der Waals surface area (Å²) in [6.45, 7) is 0. The van der Waals surface area contributed by atoms with Gasteiger partial charge in [0, 0.05) is 22.7 Å². The van der Waals surface area contributed by atoms with E-state index in [1.807, 2.05) is 16.0 Å². The third kappa shape index (κ3) is 2.28. The molecule has 2 aromatic heterocycles. The van der Waals surface area contributed by atoms with E-state index in [-0.39, 0.29) is 11.4 Å². The predicted molar refractivity (Wildman–Crippen MR) is 90.9 cm³/mol. The molecule has 4 aromatic rings. The Labute approximate surface area is 140 Å². The molecule has 6 heteroatoms. The number of aromatic carboxylic acids is 1. The Hall–Kier alpha value is -2.99. The van der Waals surface area contributed by atoms with Gasteiger partial charge in [0.15, 0.2) is 0 Å². The molecule has 0 radical (unpaired) electrons. The van der Waals surface area contributed by atoms with Gasteiger partial charge >= 0.3 is 5.97 Å². The summed E-state index contributed by atoms with van der Waals surface area (Å²) < 4.78 is 16.0. The predicted octanol–water partition coefficient (Wildman–Crippen LogP) is 4.57. The third-order valence-electron chi connectivity index (χ3n) is 3.78. The van der Waals surface area contributed by atoms with Crippen LogP contribution in [0.4, 0.5) is 4.39 Å². The molecule has 118 valence electrons. The zero-order chi connectivity index (χ0) is 16.7. The smallest absolute Gasteiger partial charge is 0.335 e. The van der Waals surface area contributed by atoms with Gasteiger partial charge in [0.05, 0.1) is 5.56 Å². The second kappa shape index (κ2) is 5.58.